The molecule has 3 rings (SSSR count). The summed E-state index contributed by atoms with van der Waals surface area (Å²) in [5.41, 5.74) is 4.31. The molecule has 0 radical (unpaired) electrons. The van der Waals surface area contributed by atoms with Crippen LogP contribution in [0.5, 0.6) is 0 Å². The highest BCUT2D eigenvalue weighted by Crippen LogP contribution is 2.24. The van der Waals surface area contributed by atoms with Crippen molar-refractivity contribution in [2.24, 2.45) is 0 Å². The molecule has 0 aliphatic carbocycles. The second kappa shape index (κ2) is 6.98. The standard InChI is InChI=1S/C18H18FN3/c19-9-1-2-12-22-13-8-18(21-22)17-5-3-4-16(14-17)15-6-10-20-11-7-15/h3-8,10-11,13-14H,1-2,9,12H2. The number of hydrogen-bond donors (Lipinski definition) is 0. The monoisotopic (exact) mass is 295 g/mol. The maximum Gasteiger partial charge on any atom is 0.0923 e. The first kappa shape index (κ1) is 14.4. The first-order chi connectivity index (χ1) is 10.9. The first-order valence-corrected chi connectivity index (χ1v) is 7.47. The van der Waals surface area contributed by atoms with Crippen LogP contribution in [0.1, 0.15) is 12.8 Å². The Morgan fingerprint density at radius 1 is 0.909 bits per heavy atom. The Bertz CT molecular complexity index is 722. The summed E-state index contributed by atoms with van der Waals surface area (Å²) in [6, 6.07) is 14.3. The molecule has 0 amide bonds. The number of halogens is 1. The Labute approximate surface area is 129 Å². The molecule has 0 fully saturated rings. The predicted molar refractivity (Wildman–Crippen MR) is 86.1 cm³/mol. The van der Waals surface area contributed by atoms with Gasteiger partial charge in [-0.1, -0.05) is 18.2 Å². The van der Waals surface area contributed by atoms with E-state index in [4.69, 9.17) is 0 Å². The Morgan fingerprint density at radius 3 is 2.55 bits per heavy atom. The molecule has 1 aromatic carbocycles. The lowest BCUT2D eigenvalue weighted by molar-refractivity contribution is 0.440. The summed E-state index contributed by atoms with van der Waals surface area (Å²) in [4.78, 5) is 4.05. The van der Waals surface area contributed by atoms with Crippen LogP contribution in [0.4, 0.5) is 4.39 Å². The van der Waals surface area contributed by atoms with E-state index in [2.05, 4.69) is 28.3 Å². The lowest BCUT2D eigenvalue weighted by atomic mass is 10.0. The topological polar surface area (TPSA) is 30.7 Å². The van der Waals surface area contributed by atoms with E-state index in [0.29, 0.717) is 6.42 Å². The van der Waals surface area contributed by atoms with Crippen LogP contribution in [0.25, 0.3) is 22.4 Å². The molecule has 3 aromatic rings. The molecule has 0 bridgehead atoms. The van der Waals surface area contributed by atoms with Gasteiger partial charge in [-0.15, -0.1) is 0 Å². The minimum absolute atomic E-state index is 0.262. The number of hydrogen-bond acceptors (Lipinski definition) is 2. The first-order valence-electron chi connectivity index (χ1n) is 7.47. The summed E-state index contributed by atoms with van der Waals surface area (Å²) in [5, 5.41) is 4.57. The Kier molecular flexibility index (Phi) is 4.59. The number of benzene rings is 1. The van der Waals surface area contributed by atoms with Gasteiger partial charge in [0.15, 0.2) is 0 Å². The number of nitrogens with zero attached hydrogens (tertiary/aromatic N) is 3. The summed E-state index contributed by atoms with van der Waals surface area (Å²) >= 11 is 0. The zero-order valence-electron chi connectivity index (χ0n) is 12.3. The van der Waals surface area contributed by atoms with Crippen LogP contribution in [0, 0.1) is 0 Å². The minimum atomic E-state index is -0.262. The third kappa shape index (κ3) is 3.39. The van der Waals surface area contributed by atoms with Gasteiger partial charge in [0.25, 0.3) is 0 Å². The lowest BCUT2D eigenvalue weighted by Gasteiger charge is -2.04. The summed E-state index contributed by atoms with van der Waals surface area (Å²) in [6.45, 7) is 0.496. The molecule has 0 saturated heterocycles. The van der Waals surface area contributed by atoms with Gasteiger partial charge in [-0.3, -0.25) is 14.1 Å². The zero-order valence-corrected chi connectivity index (χ0v) is 12.3. The molecular weight excluding hydrogens is 277 g/mol. The average Bonchev–Trinajstić information content (AvgIpc) is 3.05. The van der Waals surface area contributed by atoms with Crippen molar-refractivity contribution in [1.29, 1.82) is 0 Å². The summed E-state index contributed by atoms with van der Waals surface area (Å²) in [6.07, 6.45) is 6.94. The van der Waals surface area contributed by atoms with Crippen LogP contribution in [0.2, 0.25) is 0 Å². The fraction of sp³-hybridized carbons (Fsp3) is 0.222. The van der Waals surface area contributed by atoms with E-state index < -0.39 is 0 Å². The van der Waals surface area contributed by atoms with Gasteiger partial charge in [0, 0.05) is 30.7 Å². The molecule has 0 atom stereocenters. The van der Waals surface area contributed by atoms with E-state index in [9.17, 15) is 4.39 Å². The highest BCUT2D eigenvalue weighted by molar-refractivity contribution is 5.70. The Balaban J connectivity index is 1.80. The number of alkyl halides is 1. The quantitative estimate of drug-likeness (QED) is 0.632. The van der Waals surface area contributed by atoms with Gasteiger partial charge in [-0.25, -0.2) is 0 Å². The third-order valence-electron chi connectivity index (χ3n) is 3.58. The molecule has 22 heavy (non-hydrogen) atoms. The van der Waals surface area contributed by atoms with Crippen molar-refractivity contribution in [3.63, 3.8) is 0 Å². The van der Waals surface area contributed by atoms with E-state index in [1.165, 1.54) is 0 Å². The fourth-order valence-electron chi connectivity index (χ4n) is 2.41. The summed E-state index contributed by atoms with van der Waals surface area (Å²) in [7, 11) is 0. The largest absolute Gasteiger partial charge is 0.272 e. The molecule has 0 aliphatic rings. The molecule has 0 spiro atoms. The van der Waals surface area contributed by atoms with Gasteiger partial charge in [-0.05, 0) is 48.2 Å². The van der Waals surface area contributed by atoms with E-state index >= 15 is 0 Å². The lowest BCUT2D eigenvalue weighted by Crippen LogP contribution is -1.99. The Hall–Kier alpha value is -2.49. The van der Waals surface area contributed by atoms with Crippen molar-refractivity contribution in [2.75, 3.05) is 6.67 Å². The highest BCUT2D eigenvalue weighted by Gasteiger charge is 2.04. The van der Waals surface area contributed by atoms with Crippen LogP contribution in [0.3, 0.4) is 0 Å². The second-order valence-electron chi connectivity index (χ2n) is 5.18. The van der Waals surface area contributed by atoms with Crippen molar-refractivity contribution < 1.29 is 4.39 Å². The van der Waals surface area contributed by atoms with Crippen molar-refractivity contribution in [3.8, 4) is 22.4 Å². The minimum Gasteiger partial charge on any atom is -0.272 e. The normalized spacial score (nSPS) is 10.8. The van der Waals surface area contributed by atoms with E-state index in [1.807, 2.05) is 35.1 Å². The van der Waals surface area contributed by atoms with E-state index in [-0.39, 0.29) is 6.67 Å². The average molecular weight is 295 g/mol. The molecule has 3 nitrogen and oxygen atoms in total. The smallest absolute Gasteiger partial charge is 0.0923 e. The van der Waals surface area contributed by atoms with Gasteiger partial charge < -0.3 is 0 Å². The molecule has 0 saturated carbocycles. The summed E-state index contributed by atoms with van der Waals surface area (Å²) < 4.78 is 14.0. The number of pyridine rings is 1. The molecule has 2 aromatic heterocycles. The Morgan fingerprint density at radius 2 is 1.73 bits per heavy atom. The van der Waals surface area contributed by atoms with Crippen LogP contribution in [-0.4, -0.2) is 21.4 Å². The van der Waals surface area contributed by atoms with Crippen molar-refractivity contribution in [2.45, 2.75) is 19.4 Å². The van der Waals surface area contributed by atoms with Crippen LogP contribution in [0.15, 0.2) is 61.1 Å². The van der Waals surface area contributed by atoms with Crippen LogP contribution < -0.4 is 0 Å². The highest BCUT2D eigenvalue weighted by atomic mass is 19.1. The second-order valence-corrected chi connectivity index (χ2v) is 5.18. The number of rotatable bonds is 6. The van der Waals surface area contributed by atoms with E-state index in [1.54, 1.807) is 12.4 Å². The molecule has 0 N–H and O–H groups in total. The van der Waals surface area contributed by atoms with E-state index in [0.717, 1.165) is 35.3 Å². The van der Waals surface area contributed by atoms with Crippen molar-refractivity contribution >= 4 is 0 Å². The summed E-state index contributed by atoms with van der Waals surface area (Å²) in [5.74, 6) is 0. The molecule has 2 heterocycles. The molecule has 4 heteroatoms. The maximum atomic E-state index is 12.1. The molecular formula is C18H18FN3. The van der Waals surface area contributed by atoms with Crippen LogP contribution >= 0.6 is 0 Å². The van der Waals surface area contributed by atoms with Gasteiger partial charge in [-0.2, -0.15) is 5.10 Å². The molecule has 0 unspecified atom stereocenters. The van der Waals surface area contributed by atoms with Gasteiger partial charge in [0.2, 0.25) is 0 Å². The number of aryl methyl sites for hydroxylation is 1. The van der Waals surface area contributed by atoms with Crippen molar-refractivity contribution in [3.05, 3.63) is 61.1 Å². The van der Waals surface area contributed by atoms with Crippen molar-refractivity contribution in [1.82, 2.24) is 14.8 Å². The number of unbranched alkanes of at least 4 members (excludes halogenated alkanes) is 1. The van der Waals surface area contributed by atoms with Crippen LogP contribution in [-0.2, 0) is 6.54 Å². The van der Waals surface area contributed by atoms with Gasteiger partial charge >= 0.3 is 0 Å². The van der Waals surface area contributed by atoms with Gasteiger partial charge in [0.05, 0.1) is 12.4 Å². The predicted octanol–water partition coefficient (Wildman–Crippen LogP) is 4.36. The zero-order chi connectivity index (χ0) is 15.2. The maximum absolute atomic E-state index is 12.1. The third-order valence-corrected chi connectivity index (χ3v) is 3.58. The van der Waals surface area contributed by atoms with Gasteiger partial charge in [0.1, 0.15) is 0 Å². The number of aromatic nitrogens is 3. The SMILES string of the molecule is FCCCCn1ccc(-c2cccc(-c3ccncc3)c2)n1. The molecule has 112 valence electrons. The molecule has 0 aliphatic heterocycles. The fourth-order valence-corrected chi connectivity index (χ4v) is 2.41.